The van der Waals surface area contributed by atoms with Crippen molar-refractivity contribution < 1.29 is 37.0 Å². The maximum Gasteiger partial charge on any atom is 0.405 e. The number of piperidine rings is 1. The zero-order valence-corrected chi connectivity index (χ0v) is 21.2. The predicted molar refractivity (Wildman–Crippen MR) is 126 cm³/mol. The van der Waals surface area contributed by atoms with Gasteiger partial charge in [-0.2, -0.15) is 0 Å². The van der Waals surface area contributed by atoms with Gasteiger partial charge in [0, 0.05) is 32.2 Å². The summed E-state index contributed by atoms with van der Waals surface area (Å²) in [5.41, 5.74) is 0.424. The largest absolute Gasteiger partial charge is 0.474 e. The summed E-state index contributed by atoms with van der Waals surface area (Å²) in [7, 11) is -3.57. The van der Waals surface area contributed by atoms with Gasteiger partial charge in [0.2, 0.25) is 17.7 Å². The van der Waals surface area contributed by atoms with Crippen molar-refractivity contribution in [1.29, 1.82) is 0 Å². The summed E-state index contributed by atoms with van der Waals surface area (Å²) in [5.74, 6) is -1.23. The van der Waals surface area contributed by atoms with E-state index in [9.17, 15) is 22.4 Å². The molecule has 2 heterocycles. The molecule has 1 aliphatic heterocycles. The van der Waals surface area contributed by atoms with Crippen LogP contribution in [-0.4, -0.2) is 71.9 Å². The fourth-order valence-electron chi connectivity index (χ4n) is 3.73. The summed E-state index contributed by atoms with van der Waals surface area (Å²) in [6.45, 7) is 5.98. The minimum atomic E-state index is -3.57. The Morgan fingerprint density at radius 2 is 1.83 bits per heavy atom. The second-order valence-electron chi connectivity index (χ2n) is 8.89. The van der Waals surface area contributed by atoms with Crippen molar-refractivity contribution in [2.75, 3.05) is 19.3 Å². The third-order valence-electron chi connectivity index (χ3n) is 5.77. The number of rotatable bonds is 8. The van der Waals surface area contributed by atoms with Gasteiger partial charge in [-0.05, 0) is 31.0 Å². The van der Waals surface area contributed by atoms with Crippen molar-refractivity contribution in [3.63, 3.8) is 0 Å². The molecule has 1 aromatic heterocycles. The number of ether oxygens (including phenoxy) is 2. The van der Waals surface area contributed by atoms with Crippen molar-refractivity contribution >= 4 is 21.8 Å². The first-order valence-electron chi connectivity index (χ1n) is 11.3. The molecule has 196 valence electrons. The molecule has 2 aromatic rings. The highest BCUT2D eigenvalue weighted by Crippen LogP contribution is 2.31. The molecule has 1 saturated heterocycles. The number of carboxylic acid groups (broad SMARTS) is 1. The van der Waals surface area contributed by atoms with Crippen molar-refractivity contribution in [2.45, 2.75) is 50.7 Å². The van der Waals surface area contributed by atoms with Gasteiger partial charge < -0.3 is 24.8 Å². The first-order valence-corrected chi connectivity index (χ1v) is 13.2. The third kappa shape index (κ3) is 6.59. The summed E-state index contributed by atoms with van der Waals surface area (Å²) in [6.07, 6.45) is 1.70. The standard InChI is InChI=1S/C23H29FN4O7S/c1-13(2)19(27-23(30)31)22(29)28-9-7-15(8-10-28)34-20-14(3)21(26-12-25-20)35-18-6-5-16(11-17(18)24)36(4,32)33/h5-6,11-13,15,19,27H,7-10H2,1-4H3,(H,30,31). The Bertz CT molecular complexity index is 1230. The van der Waals surface area contributed by atoms with E-state index in [0.717, 1.165) is 12.3 Å². The van der Waals surface area contributed by atoms with Gasteiger partial charge in [-0.15, -0.1) is 0 Å². The van der Waals surface area contributed by atoms with E-state index in [2.05, 4.69) is 15.3 Å². The van der Waals surface area contributed by atoms with Gasteiger partial charge in [0.25, 0.3) is 0 Å². The number of aromatic nitrogens is 2. The number of likely N-dealkylation sites (tertiary alicyclic amines) is 1. The van der Waals surface area contributed by atoms with Gasteiger partial charge in [-0.1, -0.05) is 13.8 Å². The summed E-state index contributed by atoms with van der Waals surface area (Å²) >= 11 is 0. The predicted octanol–water partition coefficient (Wildman–Crippen LogP) is 2.78. The normalized spacial score (nSPS) is 15.4. The maximum atomic E-state index is 14.4. The number of hydrogen-bond donors (Lipinski definition) is 2. The van der Waals surface area contributed by atoms with Gasteiger partial charge in [0.05, 0.1) is 10.5 Å². The van der Waals surface area contributed by atoms with Crippen LogP contribution in [0.25, 0.3) is 0 Å². The summed E-state index contributed by atoms with van der Waals surface area (Å²) in [4.78, 5) is 33.4. The minimum Gasteiger partial charge on any atom is -0.474 e. The molecule has 13 heteroatoms. The van der Waals surface area contributed by atoms with Crippen LogP contribution in [0, 0.1) is 18.7 Å². The Balaban J connectivity index is 1.65. The van der Waals surface area contributed by atoms with Gasteiger partial charge in [0.1, 0.15) is 18.5 Å². The number of carbonyl (C=O) groups is 2. The van der Waals surface area contributed by atoms with E-state index < -0.39 is 27.8 Å². The highest BCUT2D eigenvalue weighted by molar-refractivity contribution is 7.90. The SMILES string of the molecule is Cc1c(Oc2ccc(S(C)(=O)=O)cc2F)ncnc1OC1CCN(C(=O)C(NC(=O)O)C(C)C)CC1. The van der Waals surface area contributed by atoms with E-state index in [4.69, 9.17) is 14.6 Å². The molecule has 36 heavy (non-hydrogen) atoms. The monoisotopic (exact) mass is 524 g/mol. The van der Waals surface area contributed by atoms with E-state index in [-0.39, 0.29) is 40.3 Å². The number of nitrogens with one attached hydrogen (secondary N) is 1. The molecule has 0 radical (unpaired) electrons. The Hall–Kier alpha value is -3.48. The number of amides is 2. The molecular weight excluding hydrogens is 495 g/mol. The minimum absolute atomic E-state index is 0.0538. The van der Waals surface area contributed by atoms with Crippen LogP contribution in [0.2, 0.25) is 0 Å². The molecule has 3 rings (SSSR count). The molecule has 0 saturated carbocycles. The summed E-state index contributed by atoms with van der Waals surface area (Å²) in [6, 6.07) is 2.51. The van der Waals surface area contributed by atoms with E-state index >= 15 is 0 Å². The lowest BCUT2D eigenvalue weighted by atomic mass is 10.0. The number of nitrogens with zero attached hydrogens (tertiary/aromatic N) is 3. The molecule has 1 aliphatic rings. The summed E-state index contributed by atoms with van der Waals surface area (Å²) < 4.78 is 49.2. The average Bonchev–Trinajstić information content (AvgIpc) is 2.80. The molecule has 0 bridgehead atoms. The highest BCUT2D eigenvalue weighted by Gasteiger charge is 2.32. The number of hydrogen-bond acceptors (Lipinski definition) is 8. The summed E-state index contributed by atoms with van der Waals surface area (Å²) in [5, 5.41) is 11.3. The second-order valence-corrected chi connectivity index (χ2v) is 10.9. The van der Waals surface area contributed by atoms with Crippen LogP contribution in [0.15, 0.2) is 29.4 Å². The van der Waals surface area contributed by atoms with Crippen LogP contribution in [0.1, 0.15) is 32.3 Å². The number of carbonyl (C=O) groups excluding carboxylic acids is 1. The van der Waals surface area contributed by atoms with Crippen LogP contribution in [-0.2, 0) is 14.6 Å². The molecular formula is C23H29FN4O7S. The smallest absolute Gasteiger partial charge is 0.405 e. The van der Waals surface area contributed by atoms with Crippen LogP contribution >= 0.6 is 0 Å². The van der Waals surface area contributed by atoms with Gasteiger partial charge in [-0.25, -0.2) is 27.6 Å². The average molecular weight is 525 g/mol. The first kappa shape index (κ1) is 27.1. The van der Waals surface area contributed by atoms with Crippen LogP contribution in [0.3, 0.4) is 0 Å². The molecule has 1 fully saturated rings. The van der Waals surface area contributed by atoms with Crippen molar-refractivity contribution in [2.24, 2.45) is 5.92 Å². The van der Waals surface area contributed by atoms with E-state index in [1.165, 1.54) is 18.5 Å². The maximum absolute atomic E-state index is 14.4. The van der Waals surface area contributed by atoms with Crippen molar-refractivity contribution in [3.8, 4) is 17.5 Å². The van der Waals surface area contributed by atoms with E-state index in [1.807, 2.05) is 0 Å². The zero-order valence-electron chi connectivity index (χ0n) is 20.4. The number of halogens is 1. The molecule has 1 unspecified atom stereocenters. The molecule has 0 aliphatic carbocycles. The number of sulfone groups is 1. The molecule has 2 amide bonds. The van der Waals surface area contributed by atoms with Crippen LogP contribution < -0.4 is 14.8 Å². The van der Waals surface area contributed by atoms with Crippen LogP contribution in [0.4, 0.5) is 9.18 Å². The first-order chi connectivity index (χ1) is 16.9. The second kappa shape index (κ2) is 11.1. The lowest BCUT2D eigenvalue weighted by Crippen LogP contribution is -2.53. The van der Waals surface area contributed by atoms with Gasteiger partial charge >= 0.3 is 6.09 Å². The van der Waals surface area contributed by atoms with Crippen molar-refractivity contribution in [3.05, 3.63) is 35.9 Å². The van der Waals surface area contributed by atoms with Gasteiger partial charge in [-0.3, -0.25) is 4.79 Å². The quantitative estimate of drug-likeness (QED) is 0.532. The Morgan fingerprint density at radius 3 is 2.39 bits per heavy atom. The number of benzene rings is 1. The third-order valence-corrected chi connectivity index (χ3v) is 6.88. The molecule has 11 nitrogen and oxygen atoms in total. The molecule has 0 spiro atoms. The van der Waals surface area contributed by atoms with E-state index in [0.29, 0.717) is 31.5 Å². The van der Waals surface area contributed by atoms with Crippen LogP contribution in [0.5, 0.6) is 17.5 Å². The lowest BCUT2D eigenvalue weighted by molar-refractivity contribution is -0.136. The lowest BCUT2D eigenvalue weighted by Gasteiger charge is -2.35. The fraction of sp³-hybridized carbons (Fsp3) is 0.478. The Kier molecular flexibility index (Phi) is 8.33. The highest BCUT2D eigenvalue weighted by atomic mass is 32.2. The Labute approximate surface area is 208 Å². The molecule has 1 atom stereocenters. The molecule has 1 aromatic carbocycles. The zero-order chi connectivity index (χ0) is 26.6. The topological polar surface area (TPSA) is 148 Å². The van der Waals surface area contributed by atoms with Gasteiger partial charge in [0.15, 0.2) is 21.4 Å². The van der Waals surface area contributed by atoms with Crippen molar-refractivity contribution in [1.82, 2.24) is 20.2 Å². The fourth-order valence-corrected chi connectivity index (χ4v) is 4.37. The van der Waals surface area contributed by atoms with E-state index in [1.54, 1.807) is 25.7 Å². The molecule has 2 N–H and O–H groups in total. The Morgan fingerprint density at radius 1 is 1.19 bits per heavy atom.